The second kappa shape index (κ2) is 9.59. The number of carbonyl (C=O) groups is 3. The van der Waals surface area contributed by atoms with Gasteiger partial charge in [0.2, 0.25) is 0 Å². The fraction of sp³-hybridized carbons (Fsp3) is 0.375. The molecule has 0 aromatic rings. The summed E-state index contributed by atoms with van der Waals surface area (Å²) in [6, 6.07) is -0.981. The number of rotatable bonds is 1. The van der Waals surface area contributed by atoms with Crippen LogP contribution in [-0.4, -0.2) is 40.9 Å². The number of likely N-dealkylation sites (tertiary alicyclic amines) is 1. The van der Waals surface area contributed by atoms with Crippen molar-refractivity contribution in [1.82, 2.24) is 4.90 Å². The summed E-state index contributed by atoms with van der Waals surface area (Å²) in [5.74, 6) is -1.37. The maximum atomic E-state index is 10.5. The van der Waals surface area contributed by atoms with Crippen molar-refractivity contribution in [2.45, 2.75) is 12.5 Å². The SMILES string of the molecule is CN1C(=O)[CH-]CC1=O.[CH2-]C(N)C(=O)O.[SH-].[V]. The molecular formula is C8H13N2O4SV-3. The van der Waals surface area contributed by atoms with E-state index in [-0.39, 0.29) is 50.3 Å². The van der Waals surface area contributed by atoms with Crippen LogP contribution in [0, 0.1) is 13.3 Å². The van der Waals surface area contributed by atoms with Crippen molar-refractivity contribution in [3.05, 3.63) is 13.3 Å². The maximum Gasteiger partial charge on any atom is 0.289 e. The Kier molecular flexibility index (Phi) is 12.4. The van der Waals surface area contributed by atoms with Crippen LogP contribution < -0.4 is 5.73 Å². The topological polar surface area (TPSA) is 101 Å². The normalized spacial score (nSPS) is 14.8. The molecule has 0 bridgehead atoms. The van der Waals surface area contributed by atoms with Crippen molar-refractivity contribution >= 4 is 31.3 Å². The number of aliphatic carboxylic acids is 1. The number of carboxylic acid groups (broad SMARTS) is 1. The minimum absolute atomic E-state index is 0. The molecule has 1 aliphatic heterocycles. The van der Waals surface area contributed by atoms with E-state index in [1.54, 1.807) is 0 Å². The van der Waals surface area contributed by atoms with Crippen molar-refractivity contribution in [2.24, 2.45) is 5.73 Å². The van der Waals surface area contributed by atoms with Crippen LogP contribution in [0.25, 0.3) is 0 Å². The van der Waals surface area contributed by atoms with Crippen LogP contribution in [0.3, 0.4) is 0 Å². The van der Waals surface area contributed by atoms with Gasteiger partial charge in [-0.3, -0.25) is 16.0 Å². The molecule has 16 heavy (non-hydrogen) atoms. The minimum Gasteiger partial charge on any atom is -0.813 e. The second-order valence-electron chi connectivity index (χ2n) is 2.64. The molecule has 0 spiro atoms. The molecule has 0 aromatic carbocycles. The molecule has 1 aliphatic rings. The largest absolute Gasteiger partial charge is 0.813 e. The monoisotopic (exact) mass is 284 g/mol. The fourth-order valence-corrected chi connectivity index (χ4v) is 0.571. The van der Waals surface area contributed by atoms with E-state index in [1.807, 2.05) is 0 Å². The van der Waals surface area contributed by atoms with Gasteiger partial charge in [0.1, 0.15) is 0 Å². The van der Waals surface area contributed by atoms with Crippen molar-refractivity contribution in [3.8, 4) is 0 Å². The summed E-state index contributed by atoms with van der Waals surface area (Å²) >= 11 is 0. The summed E-state index contributed by atoms with van der Waals surface area (Å²) < 4.78 is 0. The Balaban J connectivity index is -0.000000195. The molecule has 1 atom stereocenters. The van der Waals surface area contributed by atoms with E-state index in [0.29, 0.717) is 0 Å². The van der Waals surface area contributed by atoms with Crippen LogP contribution in [0.2, 0.25) is 0 Å². The second-order valence-corrected chi connectivity index (χ2v) is 2.64. The third-order valence-electron chi connectivity index (χ3n) is 1.47. The van der Waals surface area contributed by atoms with Crippen LogP contribution in [0.1, 0.15) is 6.42 Å². The first-order valence-corrected chi connectivity index (χ1v) is 3.81. The average molecular weight is 284 g/mol. The zero-order valence-electron chi connectivity index (χ0n) is 8.66. The summed E-state index contributed by atoms with van der Waals surface area (Å²) in [4.78, 5) is 31.5. The van der Waals surface area contributed by atoms with Gasteiger partial charge < -0.3 is 41.0 Å². The molecule has 0 aromatic heterocycles. The molecule has 1 saturated heterocycles. The van der Waals surface area contributed by atoms with Crippen LogP contribution >= 0.6 is 0 Å². The van der Waals surface area contributed by atoms with Gasteiger partial charge in [-0.05, 0) is 6.04 Å². The zero-order valence-corrected chi connectivity index (χ0v) is 11.0. The number of carboxylic acids is 1. The zero-order chi connectivity index (χ0) is 11.3. The third kappa shape index (κ3) is 7.64. The van der Waals surface area contributed by atoms with E-state index in [0.717, 1.165) is 4.90 Å². The van der Waals surface area contributed by atoms with Gasteiger partial charge in [0.05, 0.1) is 5.91 Å². The number of hydrogen-bond acceptors (Lipinski definition) is 5. The molecular weight excluding hydrogens is 271 g/mol. The number of nitrogens with zero attached hydrogens (tertiary/aromatic N) is 1. The Morgan fingerprint density at radius 2 is 2.00 bits per heavy atom. The Morgan fingerprint density at radius 3 is 2.06 bits per heavy atom. The molecule has 93 valence electrons. The van der Waals surface area contributed by atoms with E-state index in [2.05, 4.69) is 6.92 Å². The molecule has 6 nitrogen and oxygen atoms in total. The van der Waals surface area contributed by atoms with Crippen molar-refractivity contribution in [3.63, 3.8) is 0 Å². The molecule has 1 unspecified atom stereocenters. The molecule has 0 aliphatic carbocycles. The number of hydrogen-bond donors (Lipinski definition) is 2. The van der Waals surface area contributed by atoms with Crippen molar-refractivity contribution < 1.29 is 38.0 Å². The molecule has 1 rings (SSSR count). The number of amides is 2. The number of carbonyl (C=O) groups excluding carboxylic acids is 2. The van der Waals surface area contributed by atoms with Crippen LogP contribution in [0.4, 0.5) is 0 Å². The summed E-state index contributed by atoms with van der Waals surface area (Å²) in [7, 11) is 1.48. The van der Waals surface area contributed by atoms with Gasteiger partial charge in [-0.2, -0.15) is 0 Å². The summed E-state index contributed by atoms with van der Waals surface area (Å²) in [5, 5.41) is 7.80. The van der Waals surface area contributed by atoms with Gasteiger partial charge >= 0.3 is 0 Å². The van der Waals surface area contributed by atoms with E-state index in [1.165, 1.54) is 13.5 Å². The van der Waals surface area contributed by atoms with E-state index in [9.17, 15) is 14.4 Å². The standard InChI is InChI=1S/C5H6NO2.C3H6NO2.H2S.V/c1-6-4(7)2-3-5(6)8;1-2(4)3(5)6;;/h2H,3H2,1H3;2H,1,4H2,(H,5,6);1H2;/q2*-1;;/p-1. The Labute approximate surface area is 113 Å². The molecule has 8 heteroatoms. The Morgan fingerprint density at radius 1 is 1.62 bits per heavy atom. The van der Waals surface area contributed by atoms with Crippen molar-refractivity contribution in [1.29, 1.82) is 0 Å². The Bertz CT molecular complexity index is 244. The minimum atomic E-state index is -1.07. The summed E-state index contributed by atoms with van der Waals surface area (Å²) in [6.07, 6.45) is 1.65. The number of imide groups is 1. The first-order valence-electron chi connectivity index (χ1n) is 3.81. The van der Waals surface area contributed by atoms with Gasteiger partial charge in [0.15, 0.2) is 5.91 Å². The van der Waals surface area contributed by atoms with Gasteiger partial charge in [0, 0.05) is 25.6 Å². The van der Waals surface area contributed by atoms with Crippen molar-refractivity contribution in [2.75, 3.05) is 7.05 Å². The first-order chi connectivity index (χ1) is 6.36. The molecule has 3 N–H and O–H groups in total. The number of nitrogens with two attached hydrogens (primary N) is 1. The van der Waals surface area contributed by atoms with E-state index >= 15 is 0 Å². The van der Waals surface area contributed by atoms with E-state index in [4.69, 9.17) is 10.8 Å². The first kappa shape index (κ1) is 20.7. The molecule has 1 fully saturated rings. The molecule has 2 amide bonds. The smallest absolute Gasteiger partial charge is 0.289 e. The third-order valence-corrected chi connectivity index (χ3v) is 1.47. The van der Waals surface area contributed by atoms with Gasteiger partial charge in [-0.25, -0.2) is 0 Å². The average Bonchev–Trinajstić information content (AvgIpc) is 2.37. The summed E-state index contributed by atoms with van der Waals surface area (Å²) in [6.45, 7) is 3.02. The van der Waals surface area contributed by atoms with Gasteiger partial charge in [-0.1, -0.05) is 6.42 Å². The van der Waals surface area contributed by atoms with Crippen LogP contribution in [-0.2, 0) is 46.4 Å². The fourth-order valence-electron chi connectivity index (χ4n) is 0.571. The van der Waals surface area contributed by atoms with Gasteiger partial charge in [0.25, 0.3) is 5.97 Å². The molecule has 1 radical (unpaired) electrons. The quantitative estimate of drug-likeness (QED) is 0.264. The predicted molar refractivity (Wildman–Crippen MR) is 56.4 cm³/mol. The predicted octanol–water partition coefficient (Wildman–Crippen LogP) is -1.46. The van der Waals surface area contributed by atoms with Crippen LogP contribution in [0.15, 0.2) is 0 Å². The molecule has 1 heterocycles. The summed E-state index contributed by atoms with van der Waals surface area (Å²) in [5.41, 5.74) is 4.72. The van der Waals surface area contributed by atoms with Gasteiger partial charge in [-0.15, -0.1) is 0 Å². The maximum absolute atomic E-state index is 10.5. The van der Waals surface area contributed by atoms with Crippen LogP contribution in [0.5, 0.6) is 0 Å². The number of thiol groups is 1. The van der Waals surface area contributed by atoms with E-state index < -0.39 is 12.0 Å². The molecule has 0 saturated carbocycles. The Hall–Kier alpha value is -0.626.